The highest BCUT2D eigenvalue weighted by Crippen LogP contribution is 2.24. The summed E-state index contributed by atoms with van der Waals surface area (Å²) in [6.07, 6.45) is 3.92. The molecule has 2 fully saturated rings. The number of amides is 1. The van der Waals surface area contributed by atoms with Crippen molar-refractivity contribution in [2.24, 2.45) is 0 Å². The van der Waals surface area contributed by atoms with E-state index in [1.165, 1.54) is 19.1 Å². The van der Waals surface area contributed by atoms with Crippen molar-refractivity contribution in [1.29, 1.82) is 0 Å². The standard InChI is InChI=1S/C17H21N5O2/c1-12-11-15(20-17(18-12)19-13-4-5-13)21-6-8-22(9-7-21)16(23)14-3-2-10-24-14/h2-3,10-11,13H,4-9H2,1H3,(H,18,19,20). The molecule has 0 unspecified atom stereocenters. The van der Waals surface area contributed by atoms with Crippen molar-refractivity contribution in [1.82, 2.24) is 14.9 Å². The smallest absolute Gasteiger partial charge is 0.289 e. The van der Waals surface area contributed by atoms with Crippen LogP contribution in [0.3, 0.4) is 0 Å². The van der Waals surface area contributed by atoms with Crippen molar-refractivity contribution < 1.29 is 9.21 Å². The Labute approximate surface area is 140 Å². The van der Waals surface area contributed by atoms with E-state index < -0.39 is 0 Å². The van der Waals surface area contributed by atoms with E-state index in [1.54, 1.807) is 12.1 Å². The second kappa shape index (κ2) is 6.14. The summed E-state index contributed by atoms with van der Waals surface area (Å²) in [7, 11) is 0. The molecule has 0 spiro atoms. The van der Waals surface area contributed by atoms with E-state index in [4.69, 9.17) is 4.42 Å². The highest BCUT2D eigenvalue weighted by atomic mass is 16.3. The van der Waals surface area contributed by atoms with Gasteiger partial charge in [0.05, 0.1) is 6.26 Å². The Balaban J connectivity index is 1.42. The lowest BCUT2D eigenvalue weighted by Gasteiger charge is -2.35. The summed E-state index contributed by atoms with van der Waals surface area (Å²) in [5, 5.41) is 3.36. The molecule has 2 aliphatic rings. The van der Waals surface area contributed by atoms with Crippen LogP contribution in [0.2, 0.25) is 0 Å². The van der Waals surface area contributed by atoms with Crippen molar-refractivity contribution in [3.05, 3.63) is 35.9 Å². The van der Waals surface area contributed by atoms with E-state index in [1.807, 2.05) is 17.9 Å². The van der Waals surface area contributed by atoms with Crippen LogP contribution in [0.5, 0.6) is 0 Å². The first-order valence-corrected chi connectivity index (χ1v) is 8.39. The van der Waals surface area contributed by atoms with Crippen molar-refractivity contribution in [3.63, 3.8) is 0 Å². The third-order valence-electron chi connectivity index (χ3n) is 4.37. The van der Waals surface area contributed by atoms with E-state index in [2.05, 4.69) is 20.2 Å². The molecule has 2 aromatic rings. The molecule has 1 saturated carbocycles. The molecule has 24 heavy (non-hydrogen) atoms. The van der Waals surface area contributed by atoms with Crippen molar-refractivity contribution in [3.8, 4) is 0 Å². The van der Waals surface area contributed by atoms with Gasteiger partial charge in [-0.05, 0) is 31.9 Å². The summed E-state index contributed by atoms with van der Waals surface area (Å²) in [5.41, 5.74) is 0.956. The summed E-state index contributed by atoms with van der Waals surface area (Å²) in [4.78, 5) is 25.5. The van der Waals surface area contributed by atoms with Crippen LogP contribution in [0.25, 0.3) is 0 Å². The van der Waals surface area contributed by atoms with Gasteiger partial charge in [0.25, 0.3) is 5.91 Å². The molecule has 1 amide bonds. The third kappa shape index (κ3) is 3.20. The lowest BCUT2D eigenvalue weighted by molar-refractivity contribution is 0.0714. The molecular formula is C17H21N5O2. The van der Waals surface area contributed by atoms with Crippen LogP contribution >= 0.6 is 0 Å². The Morgan fingerprint density at radius 3 is 2.71 bits per heavy atom. The minimum Gasteiger partial charge on any atom is -0.459 e. The van der Waals surface area contributed by atoms with Crippen LogP contribution in [0, 0.1) is 6.92 Å². The van der Waals surface area contributed by atoms with Crippen LogP contribution < -0.4 is 10.2 Å². The van der Waals surface area contributed by atoms with Crippen LogP contribution in [0.15, 0.2) is 28.9 Å². The Hall–Kier alpha value is -2.57. The predicted octanol–water partition coefficient (Wildman–Crippen LogP) is 1.91. The lowest BCUT2D eigenvalue weighted by atomic mass is 10.2. The molecule has 0 atom stereocenters. The maximum Gasteiger partial charge on any atom is 0.289 e. The number of carbonyl (C=O) groups excluding carboxylic acids is 1. The number of nitrogens with zero attached hydrogens (tertiary/aromatic N) is 4. The molecule has 2 aromatic heterocycles. The molecule has 3 heterocycles. The van der Waals surface area contributed by atoms with E-state index in [9.17, 15) is 4.79 Å². The zero-order chi connectivity index (χ0) is 16.5. The summed E-state index contributed by atoms with van der Waals surface area (Å²) in [5.74, 6) is 1.99. The zero-order valence-electron chi connectivity index (χ0n) is 13.7. The Morgan fingerprint density at radius 1 is 1.25 bits per heavy atom. The first kappa shape index (κ1) is 15.0. The first-order valence-electron chi connectivity index (χ1n) is 8.39. The Kier molecular flexibility index (Phi) is 3.84. The largest absolute Gasteiger partial charge is 0.459 e. The molecule has 0 aromatic carbocycles. The van der Waals surface area contributed by atoms with E-state index >= 15 is 0 Å². The number of hydrogen-bond donors (Lipinski definition) is 1. The van der Waals surface area contributed by atoms with Gasteiger partial charge in [-0.1, -0.05) is 0 Å². The Bertz CT molecular complexity index is 719. The molecule has 1 saturated heterocycles. The Morgan fingerprint density at radius 2 is 2.04 bits per heavy atom. The summed E-state index contributed by atoms with van der Waals surface area (Å²) >= 11 is 0. The normalized spacial score (nSPS) is 17.9. The SMILES string of the molecule is Cc1cc(N2CCN(C(=O)c3ccco3)CC2)nc(NC2CC2)n1. The fourth-order valence-corrected chi connectivity index (χ4v) is 2.88. The minimum absolute atomic E-state index is 0.0467. The number of aryl methyl sites for hydroxylation is 1. The fourth-order valence-electron chi connectivity index (χ4n) is 2.88. The maximum absolute atomic E-state index is 12.3. The number of nitrogens with one attached hydrogen (secondary N) is 1. The average Bonchev–Trinajstić information content (AvgIpc) is 3.23. The molecule has 4 rings (SSSR count). The monoisotopic (exact) mass is 327 g/mol. The van der Waals surface area contributed by atoms with Gasteiger partial charge in [0.2, 0.25) is 5.95 Å². The first-order chi connectivity index (χ1) is 11.7. The molecule has 1 aliphatic heterocycles. The van der Waals surface area contributed by atoms with Gasteiger partial charge in [-0.15, -0.1) is 0 Å². The number of anilines is 2. The number of aromatic nitrogens is 2. The maximum atomic E-state index is 12.3. The van der Waals surface area contributed by atoms with E-state index in [0.717, 1.165) is 24.6 Å². The number of furan rings is 1. The van der Waals surface area contributed by atoms with Gasteiger partial charge in [-0.2, -0.15) is 4.98 Å². The molecule has 1 N–H and O–H groups in total. The highest BCUT2D eigenvalue weighted by molar-refractivity contribution is 5.91. The van der Waals surface area contributed by atoms with Gasteiger partial charge in [-0.3, -0.25) is 4.79 Å². The average molecular weight is 327 g/mol. The van der Waals surface area contributed by atoms with Gasteiger partial charge in [0, 0.05) is 44.0 Å². The number of hydrogen-bond acceptors (Lipinski definition) is 6. The van der Waals surface area contributed by atoms with Gasteiger partial charge >= 0.3 is 0 Å². The van der Waals surface area contributed by atoms with Gasteiger partial charge in [0.1, 0.15) is 5.82 Å². The topological polar surface area (TPSA) is 74.5 Å². The fraction of sp³-hybridized carbons (Fsp3) is 0.471. The van der Waals surface area contributed by atoms with Crippen molar-refractivity contribution >= 4 is 17.7 Å². The second-order valence-corrected chi connectivity index (χ2v) is 6.37. The quantitative estimate of drug-likeness (QED) is 0.925. The van der Waals surface area contributed by atoms with E-state index in [-0.39, 0.29) is 5.91 Å². The van der Waals surface area contributed by atoms with Gasteiger partial charge < -0.3 is 19.5 Å². The number of rotatable bonds is 4. The van der Waals surface area contributed by atoms with Gasteiger partial charge in [-0.25, -0.2) is 4.98 Å². The van der Waals surface area contributed by atoms with Crippen LogP contribution in [-0.4, -0.2) is 53.0 Å². The van der Waals surface area contributed by atoms with Crippen molar-refractivity contribution in [2.75, 3.05) is 36.4 Å². The van der Waals surface area contributed by atoms with Crippen LogP contribution in [0.4, 0.5) is 11.8 Å². The summed E-state index contributed by atoms with van der Waals surface area (Å²) in [6, 6.07) is 5.98. The van der Waals surface area contributed by atoms with E-state index in [0.29, 0.717) is 30.8 Å². The second-order valence-electron chi connectivity index (χ2n) is 6.37. The van der Waals surface area contributed by atoms with Gasteiger partial charge in [0.15, 0.2) is 5.76 Å². The molecule has 0 radical (unpaired) electrons. The molecule has 0 bridgehead atoms. The molecular weight excluding hydrogens is 306 g/mol. The van der Waals surface area contributed by atoms with Crippen LogP contribution in [-0.2, 0) is 0 Å². The molecule has 7 heteroatoms. The summed E-state index contributed by atoms with van der Waals surface area (Å²) < 4.78 is 5.20. The molecule has 1 aliphatic carbocycles. The number of carbonyl (C=O) groups is 1. The molecule has 7 nitrogen and oxygen atoms in total. The van der Waals surface area contributed by atoms with Crippen molar-refractivity contribution in [2.45, 2.75) is 25.8 Å². The van der Waals surface area contributed by atoms with Crippen LogP contribution in [0.1, 0.15) is 29.1 Å². The minimum atomic E-state index is -0.0467. The molecule has 126 valence electrons. The predicted molar refractivity (Wildman–Crippen MR) is 90.2 cm³/mol. The third-order valence-corrected chi connectivity index (χ3v) is 4.37. The number of piperazine rings is 1. The zero-order valence-corrected chi connectivity index (χ0v) is 13.7. The highest BCUT2D eigenvalue weighted by Gasteiger charge is 2.26. The summed E-state index contributed by atoms with van der Waals surface area (Å²) in [6.45, 7) is 4.82. The lowest BCUT2D eigenvalue weighted by Crippen LogP contribution is -2.49.